The summed E-state index contributed by atoms with van der Waals surface area (Å²) in [6.07, 6.45) is 0. The van der Waals surface area contributed by atoms with E-state index in [1.807, 2.05) is 0 Å². The molecule has 2 heterocycles. The van der Waals surface area contributed by atoms with E-state index in [1.54, 1.807) is 0 Å². The number of aromatic nitrogens is 1. The third-order valence-electron chi connectivity index (χ3n) is 3.63. The Bertz CT molecular complexity index is 391. The summed E-state index contributed by atoms with van der Waals surface area (Å²) < 4.78 is 5.43. The van der Waals surface area contributed by atoms with Crippen molar-refractivity contribution in [2.75, 3.05) is 26.7 Å². The van der Waals surface area contributed by atoms with Gasteiger partial charge in [0.15, 0.2) is 5.76 Å². The normalized spacial score (nSPS) is 22.3. The number of nitrogens with zero attached hydrogens (tertiary/aromatic N) is 3. The first-order valence-electron chi connectivity index (χ1n) is 7.15. The molecule has 1 aromatic heterocycles. The fourth-order valence-electron chi connectivity index (χ4n) is 2.43. The second kappa shape index (κ2) is 6.50. The Morgan fingerprint density at radius 1 is 1.47 bits per heavy atom. The Kier molecular flexibility index (Phi) is 4.96. The topological polar surface area (TPSA) is 44.5 Å². The molecule has 1 fully saturated rings. The monoisotopic (exact) mass is 266 g/mol. The van der Waals surface area contributed by atoms with E-state index < -0.39 is 0 Å². The molecule has 0 aliphatic carbocycles. The highest BCUT2D eigenvalue weighted by Crippen LogP contribution is 2.13. The Morgan fingerprint density at radius 2 is 2.26 bits per heavy atom. The van der Waals surface area contributed by atoms with Crippen LogP contribution in [0, 0.1) is 0 Å². The number of likely N-dealkylation sites (N-methyl/N-ethyl adjacent to an activating group) is 1. The molecule has 19 heavy (non-hydrogen) atoms. The zero-order chi connectivity index (χ0) is 13.8. The van der Waals surface area contributed by atoms with Crippen molar-refractivity contribution in [3.63, 3.8) is 0 Å². The molecule has 1 unspecified atom stereocenters. The summed E-state index contributed by atoms with van der Waals surface area (Å²) in [5.41, 5.74) is 0.991. The van der Waals surface area contributed by atoms with Crippen LogP contribution in [0.1, 0.15) is 32.2 Å². The van der Waals surface area contributed by atoms with Crippen LogP contribution in [-0.2, 0) is 13.1 Å². The molecular formula is C14H26N4O. The van der Waals surface area contributed by atoms with Crippen molar-refractivity contribution in [1.82, 2.24) is 20.3 Å². The number of hydrogen-bond donors (Lipinski definition) is 1. The van der Waals surface area contributed by atoms with Crippen LogP contribution < -0.4 is 5.32 Å². The summed E-state index contributed by atoms with van der Waals surface area (Å²) >= 11 is 0. The second-order valence-electron chi connectivity index (χ2n) is 5.90. The first-order chi connectivity index (χ1) is 9.04. The van der Waals surface area contributed by atoms with E-state index in [1.165, 1.54) is 0 Å². The van der Waals surface area contributed by atoms with Gasteiger partial charge in [-0.1, -0.05) is 19.0 Å². The van der Waals surface area contributed by atoms with Crippen LogP contribution in [0.3, 0.4) is 0 Å². The Hall–Kier alpha value is -0.910. The predicted molar refractivity (Wildman–Crippen MR) is 75.8 cm³/mol. The van der Waals surface area contributed by atoms with Crippen molar-refractivity contribution in [3.8, 4) is 0 Å². The van der Waals surface area contributed by atoms with E-state index in [9.17, 15) is 0 Å². The van der Waals surface area contributed by atoms with Gasteiger partial charge in [0.1, 0.15) is 0 Å². The zero-order valence-electron chi connectivity index (χ0n) is 12.5. The highest BCUT2D eigenvalue weighted by Gasteiger charge is 2.22. The van der Waals surface area contributed by atoms with Crippen LogP contribution in [0.4, 0.5) is 0 Å². The largest absolute Gasteiger partial charge is 0.360 e. The Labute approximate surface area is 115 Å². The first kappa shape index (κ1) is 14.5. The molecule has 1 aromatic rings. The van der Waals surface area contributed by atoms with Gasteiger partial charge in [-0.2, -0.15) is 0 Å². The minimum Gasteiger partial charge on any atom is -0.360 e. The quantitative estimate of drug-likeness (QED) is 0.870. The van der Waals surface area contributed by atoms with Gasteiger partial charge in [-0.25, -0.2) is 0 Å². The van der Waals surface area contributed by atoms with E-state index in [0.29, 0.717) is 12.1 Å². The summed E-state index contributed by atoms with van der Waals surface area (Å²) in [7, 11) is 2.18. The average Bonchev–Trinajstić information content (AvgIpc) is 2.78. The van der Waals surface area contributed by atoms with Crippen molar-refractivity contribution in [2.24, 2.45) is 0 Å². The van der Waals surface area contributed by atoms with E-state index in [2.05, 4.69) is 54.2 Å². The molecule has 1 aliphatic rings. The zero-order valence-corrected chi connectivity index (χ0v) is 12.5. The first-order valence-corrected chi connectivity index (χ1v) is 7.15. The maximum absolute atomic E-state index is 5.43. The van der Waals surface area contributed by atoms with Crippen LogP contribution in [-0.4, -0.2) is 53.7 Å². The van der Waals surface area contributed by atoms with Gasteiger partial charge in [-0.3, -0.25) is 4.90 Å². The van der Waals surface area contributed by atoms with Crippen molar-refractivity contribution >= 4 is 0 Å². The molecule has 0 saturated carbocycles. The lowest BCUT2D eigenvalue weighted by molar-refractivity contribution is 0.0853. The van der Waals surface area contributed by atoms with Gasteiger partial charge in [-0.15, -0.1) is 0 Å². The minimum absolute atomic E-state index is 0.470. The lowest BCUT2D eigenvalue weighted by Gasteiger charge is -2.37. The van der Waals surface area contributed by atoms with Gasteiger partial charge >= 0.3 is 0 Å². The maximum Gasteiger partial charge on any atom is 0.151 e. The van der Waals surface area contributed by atoms with Crippen molar-refractivity contribution in [1.29, 1.82) is 0 Å². The summed E-state index contributed by atoms with van der Waals surface area (Å²) in [5.74, 6) is 0.969. The summed E-state index contributed by atoms with van der Waals surface area (Å²) in [6.45, 7) is 11.5. The van der Waals surface area contributed by atoms with Crippen molar-refractivity contribution in [2.45, 2.75) is 45.9 Å². The molecule has 108 valence electrons. The van der Waals surface area contributed by atoms with Crippen LogP contribution in [0.25, 0.3) is 0 Å². The van der Waals surface area contributed by atoms with Crippen LogP contribution >= 0.6 is 0 Å². The van der Waals surface area contributed by atoms with Crippen LogP contribution in [0.2, 0.25) is 0 Å². The van der Waals surface area contributed by atoms with Gasteiger partial charge in [0.05, 0.1) is 12.2 Å². The van der Waals surface area contributed by atoms with Gasteiger partial charge in [0, 0.05) is 44.3 Å². The molecular weight excluding hydrogens is 240 g/mol. The second-order valence-corrected chi connectivity index (χ2v) is 5.90. The van der Waals surface area contributed by atoms with Crippen LogP contribution in [0.5, 0.6) is 0 Å². The molecule has 5 heteroatoms. The van der Waals surface area contributed by atoms with Gasteiger partial charge in [0.25, 0.3) is 0 Å². The smallest absolute Gasteiger partial charge is 0.151 e. The highest BCUT2D eigenvalue weighted by atomic mass is 16.5. The lowest BCUT2D eigenvalue weighted by atomic mass is 10.2. The molecule has 1 N–H and O–H groups in total. The fourth-order valence-corrected chi connectivity index (χ4v) is 2.43. The third-order valence-corrected chi connectivity index (χ3v) is 3.63. The average molecular weight is 266 g/mol. The predicted octanol–water partition coefficient (Wildman–Crippen LogP) is 1.31. The number of hydrogen-bond acceptors (Lipinski definition) is 5. The highest BCUT2D eigenvalue weighted by molar-refractivity contribution is 5.05. The minimum atomic E-state index is 0.470. The number of piperazine rings is 1. The maximum atomic E-state index is 5.43. The van der Waals surface area contributed by atoms with Crippen LogP contribution in [0.15, 0.2) is 10.6 Å². The number of rotatable bonds is 5. The molecule has 1 saturated heterocycles. The molecule has 0 radical (unpaired) electrons. The van der Waals surface area contributed by atoms with E-state index in [4.69, 9.17) is 4.52 Å². The molecule has 1 aliphatic heterocycles. The molecule has 0 amide bonds. The van der Waals surface area contributed by atoms with E-state index in [-0.39, 0.29) is 0 Å². The van der Waals surface area contributed by atoms with Crippen molar-refractivity contribution < 1.29 is 4.52 Å². The molecule has 2 rings (SSSR count). The lowest BCUT2D eigenvalue weighted by Crippen LogP contribution is -2.49. The summed E-state index contributed by atoms with van der Waals surface area (Å²) in [5, 5.41) is 7.47. The van der Waals surface area contributed by atoms with Crippen molar-refractivity contribution in [3.05, 3.63) is 17.5 Å². The molecule has 5 nitrogen and oxygen atoms in total. The Morgan fingerprint density at radius 3 is 2.95 bits per heavy atom. The standard InChI is InChI=1S/C14H26N4O/c1-11(2)15-8-13-7-14(19-16-13)10-18-6-5-17(4)9-12(18)3/h7,11-12,15H,5-6,8-10H2,1-4H3. The Balaban J connectivity index is 1.85. The number of nitrogens with one attached hydrogen (secondary N) is 1. The summed E-state index contributed by atoms with van der Waals surface area (Å²) in [6, 6.07) is 3.11. The van der Waals surface area contributed by atoms with Gasteiger partial charge in [-0.05, 0) is 14.0 Å². The fraction of sp³-hybridized carbons (Fsp3) is 0.786. The SMILES string of the molecule is CC(C)NCc1cc(CN2CCN(C)CC2C)on1. The molecule has 1 atom stereocenters. The van der Waals surface area contributed by atoms with Gasteiger partial charge < -0.3 is 14.7 Å². The molecule has 0 aromatic carbocycles. The van der Waals surface area contributed by atoms with E-state index in [0.717, 1.165) is 44.2 Å². The van der Waals surface area contributed by atoms with E-state index >= 15 is 0 Å². The van der Waals surface area contributed by atoms with Gasteiger partial charge in [0.2, 0.25) is 0 Å². The third kappa shape index (κ3) is 4.30. The summed E-state index contributed by atoms with van der Waals surface area (Å²) in [4.78, 5) is 4.83. The molecule has 0 bridgehead atoms. The molecule has 0 spiro atoms.